The van der Waals surface area contributed by atoms with E-state index in [1.54, 1.807) is 15.8 Å². The normalized spacial score (nSPS) is 21.2. The van der Waals surface area contributed by atoms with Crippen molar-refractivity contribution in [1.29, 1.82) is 0 Å². The average molecular weight is 414 g/mol. The molecular weight excluding hydrogens is 386 g/mol. The van der Waals surface area contributed by atoms with Crippen LogP contribution >= 0.6 is 11.3 Å². The summed E-state index contributed by atoms with van der Waals surface area (Å²) < 4.78 is 6.21. The molecular formula is C22H27N3O3S. The van der Waals surface area contributed by atoms with E-state index in [1.807, 2.05) is 35.2 Å². The zero-order valence-corrected chi connectivity index (χ0v) is 17.4. The lowest BCUT2D eigenvalue weighted by Gasteiger charge is -2.34. The minimum absolute atomic E-state index is 0.0197. The summed E-state index contributed by atoms with van der Waals surface area (Å²) in [5.41, 5.74) is 3.13. The quantitative estimate of drug-likeness (QED) is 0.754. The molecule has 154 valence electrons. The van der Waals surface area contributed by atoms with Gasteiger partial charge in [-0.1, -0.05) is 49.6 Å². The van der Waals surface area contributed by atoms with Crippen molar-refractivity contribution in [3.05, 3.63) is 52.5 Å². The highest BCUT2D eigenvalue weighted by Crippen LogP contribution is 2.25. The fraction of sp³-hybridized carbons (Fsp3) is 0.500. The summed E-state index contributed by atoms with van der Waals surface area (Å²) in [5.74, 6) is -0.176. The minimum atomic E-state index is -0.217. The molecule has 1 aromatic carbocycles. The van der Waals surface area contributed by atoms with Crippen molar-refractivity contribution >= 4 is 23.2 Å². The van der Waals surface area contributed by atoms with Gasteiger partial charge in [0.1, 0.15) is 12.2 Å². The van der Waals surface area contributed by atoms with E-state index >= 15 is 0 Å². The average Bonchev–Trinajstić information content (AvgIpc) is 3.24. The third-order valence-electron chi connectivity index (χ3n) is 5.75. The van der Waals surface area contributed by atoms with Gasteiger partial charge in [-0.15, -0.1) is 11.3 Å². The van der Waals surface area contributed by atoms with Gasteiger partial charge in [0.25, 0.3) is 5.91 Å². The van der Waals surface area contributed by atoms with Crippen LogP contribution in [0.3, 0.4) is 0 Å². The van der Waals surface area contributed by atoms with Crippen LogP contribution in [0.4, 0.5) is 0 Å². The molecule has 1 unspecified atom stereocenters. The van der Waals surface area contributed by atoms with Crippen molar-refractivity contribution in [1.82, 2.24) is 14.8 Å². The predicted molar refractivity (Wildman–Crippen MR) is 112 cm³/mol. The fourth-order valence-electron chi connectivity index (χ4n) is 4.22. The Balaban J connectivity index is 1.51. The molecule has 1 saturated heterocycles. The van der Waals surface area contributed by atoms with Crippen LogP contribution < -0.4 is 0 Å². The number of thiazole rings is 1. The van der Waals surface area contributed by atoms with Crippen LogP contribution in [0.2, 0.25) is 0 Å². The number of benzene rings is 1. The van der Waals surface area contributed by atoms with E-state index in [-0.39, 0.29) is 30.5 Å². The lowest BCUT2D eigenvalue weighted by molar-refractivity contribution is -0.134. The summed E-state index contributed by atoms with van der Waals surface area (Å²) in [7, 11) is 0. The highest BCUT2D eigenvalue weighted by atomic mass is 32.1. The lowest BCUT2D eigenvalue weighted by Crippen LogP contribution is -2.46. The summed E-state index contributed by atoms with van der Waals surface area (Å²) in [5, 5.41) is 1.73. The van der Waals surface area contributed by atoms with E-state index in [0.717, 1.165) is 31.2 Å². The molecule has 1 atom stereocenters. The summed E-state index contributed by atoms with van der Waals surface area (Å²) in [6.07, 6.45) is 5.41. The van der Waals surface area contributed by atoms with Crippen LogP contribution in [0.15, 0.2) is 41.2 Å². The van der Waals surface area contributed by atoms with Crippen LogP contribution in [-0.2, 0) is 16.1 Å². The van der Waals surface area contributed by atoms with Crippen molar-refractivity contribution in [3.63, 3.8) is 0 Å². The van der Waals surface area contributed by atoms with E-state index < -0.39 is 0 Å². The maximum absolute atomic E-state index is 13.1. The monoisotopic (exact) mass is 413 g/mol. The largest absolute Gasteiger partial charge is 0.370 e. The van der Waals surface area contributed by atoms with Crippen molar-refractivity contribution in [2.45, 2.75) is 50.9 Å². The molecule has 0 spiro atoms. The number of aromatic nitrogens is 1. The second kappa shape index (κ2) is 9.50. The van der Waals surface area contributed by atoms with Crippen molar-refractivity contribution in [2.24, 2.45) is 0 Å². The number of hydrogen-bond acceptors (Lipinski definition) is 5. The molecule has 4 rings (SSSR count). The zero-order chi connectivity index (χ0) is 20.1. The molecule has 1 aliphatic carbocycles. The number of rotatable bonds is 5. The minimum Gasteiger partial charge on any atom is -0.370 e. The van der Waals surface area contributed by atoms with Gasteiger partial charge in [-0.25, -0.2) is 4.98 Å². The Morgan fingerprint density at radius 2 is 1.93 bits per heavy atom. The first kappa shape index (κ1) is 20.0. The number of amides is 2. The molecule has 29 heavy (non-hydrogen) atoms. The van der Waals surface area contributed by atoms with Gasteiger partial charge in [-0.05, 0) is 18.4 Å². The Morgan fingerprint density at radius 1 is 1.14 bits per heavy atom. The van der Waals surface area contributed by atoms with Gasteiger partial charge in [-0.3, -0.25) is 9.59 Å². The molecule has 0 N–H and O–H groups in total. The topological polar surface area (TPSA) is 62.7 Å². The smallest absolute Gasteiger partial charge is 0.273 e. The summed E-state index contributed by atoms with van der Waals surface area (Å²) >= 11 is 1.38. The van der Waals surface area contributed by atoms with Gasteiger partial charge in [0, 0.05) is 24.5 Å². The first-order valence-corrected chi connectivity index (χ1v) is 11.3. The third-order valence-corrected chi connectivity index (χ3v) is 6.34. The third kappa shape index (κ3) is 5.03. The number of hydrogen-bond donors (Lipinski definition) is 0. The Hall–Kier alpha value is -2.25. The molecule has 2 heterocycles. The van der Waals surface area contributed by atoms with Crippen molar-refractivity contribution in [3.8, 4) is 0 Å². The van der Waals surface area contributed by atoms with Gasteiger partial charge in [-0.2, -0.15) is 0 Å². The molecule has 0 bridgehead atoms. The van der Waals surface area contributed by atoms with E-state index in [9.17, 15) is 9.59 Å². The van der Waals surface area contributed by atoms with E-state index in [4.69, 9.17) is 4.74 Å². The molecule has 1 saturated carbocycles. The number of nitrogens with zero attached hydrogens (tertiary/aromatic N) is 3. The van der Waals surface area contributed by atoms with E-state index in [2.05, 4.69) is 4.98 Å². The molecule has 2 fully saturated rings. The molecule has 6 nitrogen and oxygen atoms in total. The summed E-state index contributed by atoms with van der Waals surface area (Å²) in [6, 6.07) is 10.3. The maximum Gasteiger partial charge on any atom is 0.273 e. The number of ether oxygens (including phenoxy) is 1. The van der Waals surface area contributed by atoms with Crippen LogP contribution in [0.25, 0.3) is 0 Å². The van der Waals surface area contributed by atoms with Crippen LogP contribution in [0.5, 0.6) is 0 Å². The molecule has 7 heteroatoms. The van der Waals surface area contributed by atoms with Gasteiger partial charge in [0.15, 0.2) is 0 Å². The SMILES string of the molecule is O=C(c1cscn1)N1CC(=O)N(C2CCCCC2)CC(OCc2ccccc2)C1. The zero-order valence-electron chi connectivity index (χ0n) is 16.5. The van der Waals surface area contributed by atoms with Gasteiger partial charge in [0.2, 0.25) is 5.91 Å². The van der Waals surface area contributed by atoms with Gasteiger partial charge < -0.3 is 14.5 Å². The summed E-state index contributed by atoms with van der Waals surface area (Å²) in [4.78, 5) is 33.7. The highest BCUT2D eigenvalue weighted by Gasteiger charge is 2.35. The first-order chi connectivity index (χ1) is 14.2. The number of carbonyl (C=O) groups is 2. The summed E-state index contributed by atoms with van der Waals surface area (Å²) in [6.45, 7) is 1.50. The molecule has 1 aromatic heterocycles. The Kier molecular flexibility index (Phi) is 6.56. The number of carbonyl (C=O) groups excluding carboxylic acids is 2. The molecule has 2 aromatic rings. The van der Waals surface area contributed by atoms with Crippen LogP contribution in [0.1, 0.15) is 48.2 Å². The molecule has 0 radical (unpaired) electrons. The molecule has 2 amide bonds. The van der Waals surface area contributed by atoms with Crippen molar-refractivity contribution in [2.75, 3.05) is 19.6 Å². The standard InChI is InChI=1S/C22H27N3O3S/c26-21-13-24(22(27)20-15-29-16-23-20)11-19(28-14-17-7-3-1-4-8-17)12-25(21)18-9-5-2-6-10-18/h1,3-4,7-8,15-16,18-19H,2,5-6,9-14H2. The van der Waals surface area contributed by atoms with Crippen molar-refractivity contribution < 1.29 is 14.3 Å². The molecule has 1 aliphatic heterocycles. The predicted octanol–water partition coefficient (Wildman–Crippen LogP) is 3.35. The lowest BCUT2D eigenvalue weighted by atomic mass is 9.94. The van der Waals surface area contributed by atoms with Gasteiger partial charge in [0.05, 0.1) is 18.2 Å². The van der Waals surface area contributed by atoms with Crippen LogP contribution in [0, 0.1) is 0 Å². The van der Waals surface area contributed by atoms with Crippen LogP contribution in [-0.4, -0.2) is 58.4 Å². The van der Waals surface area contributed by atoms with Gasteiger partial charge >= 0.3 is 0 Å². The first-order valence-electron chi connectivity index (χ1n) is 10.3. The molecule has 2 aliphatic rings. The van der Waals surface area contributed by atoms with E-state index in [1.165, 1.54) is 17.8 Å². The maximum atomic E-state index is 13.1. The highest BCUT2D eigenvalue weighted by molar-refractivity contribution is 7.07. The second-order valence-corrected chi connectivity index (χ2v) is 8.53. The Bertz CT molecular complexity index is 806. The van der Waals surface area contributed by atoms with E-state index in [0.29, 0.717) is 25.4 Å². The fourth-order valence-corrected chi connectivity index (χ4v) is 4.74. The Morgan fingerprint density at radius 3 is 2.66 bits per heavy atom. The Labute approximate surface area is 175 Å². The second-order valence-electron chi connectivity index (χ2n) is 7.82.